The number of amides is 1. The zero-order valence-electron chi connectivity index (χ0n) is 18.6. The molecule has 1 aliphatic heterocycles. The van der Waals surface area contributed by atoms with Crippen molar-refractivity contribution in [3.8, 4) is 5.75 Å². The van der Waals surface area contributed by atoms with E-state index in [4.69, 9.17) is 4.74 Å². The van der Waals surface area contributed by atoms with Crippen molar-refractivity contribution in [1.82, 2.24) is 34.4 Å². The topological polar surface area (TPSA) is 123 Å². The highest BCUT2D eigenvalue weighted by Gasteiger charge is 2.20. The second kappa shape index (κ2) is 10.1. The summed E-state index contributed by atoms with van der Waals surface area (Å²) in [6.07, 6.45) is 6.38. The van der Waals surface area contributed by atoms with Gasteiger partial charge in [0.05, 0.1) is 12.9 Å². The Labute approximate surface area is 196 Å². The van der Waals surface area contributed by atoms with E-state index in [0.29, 0.717) is 61.4 Å². The molecular weight excluding hydrogens is 434 g/mol. The van der Waals surface area contributed by atoms with E-state index in [9.17, 15) is 4.79 Å². The van der Waals surface area contributed by atoms with Crippen LogP contribution >= 0.6 is 0 Å². The number of carbonyl (C=O) groups is 1. The number of rotatable bonds is 10. The fraction of sp³-hybridized carbons (Fsp3) is 0.304. The van der Waals surface area contributed by atoms with Crippen molar-refractivity contribution < 1.29 is 9.53 Å². The van der Waals surface area contributed by atoms with Gasteiger partial charge in [0.1, 0.15) is 24.5 Å². The zero-order valence-corrected chi connectivity index (χ0v) is 18.6. The van der Waals surface area contributed by atoms with Gasteiger partial charge < -0.3 is 24.8 Å². The van der Waals surface area contributed by atoms with Gasteiger partial charge in [0.15, 0.2) is 17.0 Å². The second-order valence-electron chi connectivity index (χ2n) is 7.80. The Kier molecular flexibility index (Phi) is 6.41. The van der Waals surface area contributed by atoms with Crippen molar-refractivity contribution in [2.24, 2.45) is 0 Å². The molecule has 1 aromatic carbocycles. The number of benzene rings is 1. The van der Waals surface area contributed by atoms with Crippen molar-refractivity contribution >= 4 is 34.7 Å². The number of carbonyl (C=O) groups excluding carboxylic acids is 1. The summed E-state index contributed by atoms with van der Waals surface area (Å²) < 4.78 is 7.72. The van der Waals surface area contributed by atoms with Gasteiger partial charge in [0.2, 0.25) is 11.9 Å². The number of nitrogens with one attached hydrogen (secondary N) is 2. The summed E-state index contributed by atoms with van der Waals surface area (Å²) in [5.41, 5.74) is 1.32. The standard InChI is InChI=1S/C23H25N9O2/c33-19-7-4-11-31(19)12-13-32-16-27-20-21(25-10-14-34-17-5-2-1-3-6-17)29-23(30-22(20)32)28-18-8-9-24-15-26-18/h1-3,5-6,8-9,15-16H,4,7,10-14H2,(H2,24,25,26,28,29,30). The van der Waals surface area contributed by atoms with Crippen LogP contribution in [0, 0.1) is 0 Å². The van der Waals surface area contributed by atoms with Gasteiger partial charge in [-0.25, -0.2) is 15.0 Å². The molecule has 4 aromatic rings. The SMILES string of the molecule is O=C1CCCN1CCn1cnc2c(NCCOc3ccccc3)nc(Nc3ccncn3)nc21. The molecule has 0 aliphatic carbocycles. The second-order valence-corrected chi connectivity index (χ2v) is 7.80. The Hall–Kier alpha value is -4.28. The van der Waals surface area contributed by atoms with Gasteiger partial charge in [0.25, 0.3) is 0 Å². The lowest BCUT2D eigenvalue weighted by atomic mass is 10.3. The zero-order chi connectivity index (χ0) is 23.2. The molecule has 0 atom stereocenters. The van der Waals surface area contributed by atoms with Crippen LogP contribution in [0.25, 0.3) is 11.2 Å². The molecule has 34 heavy (non-hydrogen) atoms. The molecule has 1 fully saturated rings. The lowest BCUT2D eigenvalue weighted by molar-refractivity contribution is -0.127. The maximum Gasteiger partial charge on any atom is 0.232 e. The van der Waals surface area contributed by atoms with Gasteiger partial charge in [-0.3, -0.25) is 4.79 Å². The fourth-order valence-corrected chi connectivity index (χ4v) is 3.79. The monoisotopic (exact) mass is 459 g/mol. The van der Waals surface area contributed by atoms with Gasteiger partial charge in [-0.05, 0) is 24.6 Å². The molecule has 3 aromatic heterocycles. The number of anilines is 3. The number of fused-ring (bicyclic) bond motifs is 1. The summed E-state index contributed by atoms with van der Waals surface area (Å²) in [6, 6.07) is 11.4. The van der Waals surface area contributed by atoms with E-state index in [1.165, 1.54) is 6.33 Å². The Morgan fingerprint density at radius 3 is 2.76 bits per heavy atom. The lowest BCUT2D eigenvalue weighted by Crippen LogP contribution is -2.28. The third kappa shape index (κ3) is 5.03. The normalized spacial score (nSPS) is 13.4. The highest BCUT2D eigenvalue weighted by molar-refractivity contribution is 5.84. The molecule has 0 spiro atoms. The average Bonchev–Trinajstić information content (AvgIpc) is 3.47. The number of ether oxygens (including phenoxy) is 1. The average molecular weight is 460 g/mol. The van der Waals surface area contributed by atoms with Crippen LogP contribution in [0.1, 0.15) is 12.8 Å². The number of likely N-dealkylation sites (tertiary alicyclic amines) is 1. The van der Waals surface area contributed by atoms with Crippen LogP contribution in [-0.2, 0) is 11.3 Å². The minimum atomic E-state index is 0.200. The molecule has 0 saturated carbocycles. The van der Waals surface area contributed by atoms with E-state index >= 15 is 0 Å². The van der Waals surface area contributed by atoms with Crippen molar-refractivity contribution in [3.05, 3.63) is 55.2 Å². The molecule has 11 heteroatoms. The molecule has 174 valence electrons. The number of hydrogen-bond acceptors (Lipinski definition) is 9. The van der Waals surface area contributed by atoms with Crippen LogP contribution in [0.5, 0.6) is 5.75 Å². The van der Waals surface area contributed by atoms with Crippen LogP contribution in [0.2, 0.25) is 0 Å². The van der Waals surface area contributed by atoms with Crippen LogP contribution < -0.4 is 15.4 Å². The van der Waals surface area contributed by atoms with Gasteiger partial charge >= 0.3 is 0 Å². The van der Waals surface area contributed by atoms with Crippen molar-refractivity contribution in [2.75, 3.05) is 36.9 Å². The van der Waals surface area contributed by atoms with Crippen molar-refractivity contribution in [1.29, 1.82) is 0 Å². The molecule has 11 nitrogen and oxygen atoms in total. The number of para-hydroxylation sites is 1. The van der Waals surface area contributed by atoms with Crippen LogP contribution in [0.15, 0.2) is 55.2 Å². The van der Waals surface area contributed by atoms with E-state index in [1.54, 1.807) is 18.6 Å². The number of hydrogen-bond donors (Lipinski definition) is 2. The van der Waals surface area contributed by atoms with Gasteiger partial charge in [-0.15, -0.1) is 0 Å². The van der Waals surface area contributed by atoms with E-state index < -0.39 is 0 Å². The molecule has 1 saturated heterocycles. The molecule has 0 radical (unpaired) electrons. The summed E-state index contributed by atoms with van der Waals surface area (Å²) >= 11 is 0. The molecular formula is C23H25N9O2. The minimum absolute atomic E-state index is 0.200. The lowest BCUT2D eigenvalue weighted by Gasteiger charge is -2.16. The van der Waals surface area contributed by atoms with Crippen LogP contribution in [0.4, 0.5) is 17.6 Å². The Balaban J connectivity index is 1.35. The first-order chi connectivity index (χ1) is 16.8. The number of imidazole rings is 1. The molecule has 5 rings (SSSR count). The third-order valence-electron chi connectivity index (χ3n) is 5.47. The first kappa shape index (κ1) is 21.6. The Morgan fingerprint density at radius 2 is 1.97 bits per heavy atom. The quantitative estimate of drug-likeness (QED) is 0.344. The summed E-state index contributed by atoms with van der Waals surface area (Å²) in [7, 11) is 0. The molecule has 1 amide bonds. The highest BCUT2D eigenvalue weighted by atomic mass is 16.5. The van der Waals surface area contributed by atoms with E-state index in [2.05, 4.69) is 35.6 Å². The maximum absolute atomic E-state index is 12.0. The molecule has 0 unspecified atom stereocenters. The first-order valence-corrected chi connectivity index (χ1v) is 11.2. The molecule has 2 N–H and O–H groups in total. The van der Waals surface area contributed by atoms with Crippen LogP contribution in [-0.4, -0.2) is 66.5 Å². The summed E-state index contributed by atoms with van der Waals surface area (Å²) in [5.74, 6) is 2.57. The van der Waals surface area contributed by atoms with E-state index in [-0.39, 0.29) is 5.91 Å². The van der Waals surface area contributed by atoms with Gasteiger partial charge in [-0.2, -0.15) is 9.97 Å². The van der Waals surface area contributed by atoms with E-state index in [1.807, 2.05) is 39.8 Å². The summed E-state index contributed by atoms with van der Waals surface area (Å²) in [6.45, 7) is 3.01. The predicted octanol–water partition coefficient (Wildman–Crippen LogP) is 2.47. The molecule has 1 aliphatic rings. The summed E-state index contributed by atoms with van der Waals surface area (Å²) in [4.78, 5) is 35.8. The number of nitrogens with zero attached hydrogens (tertiary/aromatic N) is 7. The largest absolute Gasteiger partial charge is 0.492 e. The maximum atomic E-state index is 12.0. The number of aromatic nitrogens is 6. The van der Waals surface area contributed by atoms with Crippen LogP contribution in [0.3, 0.4) is 0 Å². The molecule has 4 heterocycles. The Bertz CT molecular complexity index is 1250. The van der Waals surface area contributed by atoms with Crippen molar-refractivity contribution in [3.63, 3.8) is 0 Å². The minimum Gasteiger partial charge on any atom is -0.492 e. The fourth-order valence-electron chi connectivity index (χ4n) is 3.79. The van der Waals surface area contributed by atoms with E-state index in [0.717, 1.165) is 18.7 Å². The molecule has 0 bridgehead atoms. The highest BCUT2D eigenvalue weighted by Crippen LogP contribution is 2.22. The van der Waals surface area contributed by atoms with Gasteiger partial charge in [0, 0.05) is 32.3 Å². The van der Waals surface area contributed by atoms with Crippen molar-refractivity contribution in [2.45, 2.75) is 19.4 Å². The third-order valence-corrected chi connectivity index (χ3v) is 5.47. The summed E-state index contributed by atoms with van der Waals surface area (Å²) in [5, 5.41) is 6.44. The smallest absolute Gasteiger partial charge is 0.232 e. The Morgan fingerprint density at radius 1 is 1.06 bits per heavy atom. The predicted molar refractivity (Wildman–Crippen MR) is 127 cm³/mol. The first-order valence-electron chi connectivity index (χ1n) is 11.2. The van der Waals surface area contributed by atoms with Gasteiger partial charge in [-0.1, -0.05) is 18.2 Å².